The minimum atomic E-state index is -3.01. The van der Waals surface area contributed by atoms with E-state index in [2.05, 4.69) is 0 Å². The number of rotatable bonds is 7. The molecule has 0 aromatic rings. The highest BCUT2D eigenvalue weighted by molar-refractivity contribution is 7.91. The van der Waals surface area contributed by atoms with Gasteiger partial charge in [0.15, 0.2) is 9.84 Å². The van der Waals surface area contributed by atoms with E-state index in [9.17, 15) is 18.6 Å². The van der Waals surface area contributed by atoms with Crippen molar-refractivity contribution in [3.05, 3.63) is 0 Å². The van der Waals surface area contributed by atoms with Crippen LogP contribution < -0.4 is 0 Å². The van der Waals surface area contributed by atoms with Gasteiger partial charge in [-0.05, 0) is 39.0 Å². The van der Waals surface area contributed by atoms with Gasteiger partial charge in [0, 0.05) is 12.5 Å². The SMILES string of the molecule is COC(C)(C)CCC(CO)(CO)C1CCS(=O)(=O)C1. The van der Waals surface area contributed by atoms with E-state index in [-0.39, 0.29) is 36.2 Å². The molecular weight excluding hydrogens is 268 g/mol. The Balaban J connectivity index is 2.80. The van der Waals surface area contributed by atoms with Gasteiger partial charge in [-0.3, -0.25) is 0 Å². The third-order valence-corrected chi connectivity index (χ3v) is 6.27. The molecule has 1 atom stereocenters. The Labute approximate surface area is 115 Å². The van der Waals surface area contributed by atoms with Gasteiger partial charge >= 0.3 is 0 Å². The Hall–Kier alpha value is -0.170. The highest BCUT2D eigenvalue weighted by Crippen LogP contribution is 2.40. The summed E-state index contributed by atoms with van der Waals surface area (Å²) in [4.78, 5) is 0. The summed E-state index contributed by atoms with van der Waals surface area (Å²) in [6.45, 7) is 3.50. The topological polar surface area (TPSA) is 83.8 Å². The van der Waals surface area contributed by atoms with Crippen molar-refractivity contribution in [3.8, 4) is 0 Å². The molecular formula is C13H26O5S. The molecule has 19 heavy (non-hydrogen) atoms. The molecule has 1 heterocycles. The Kier molecular flexibility index (Phi) is 5.40. The maximum atomic E-state index is 11.6. The largest absolute Gasteiger partial charge is 0.396 e. The van der Waals surface area contributed by atoms with Crippen molar-refractivity contribution in [2.45, 2.75) is 38.7 Å². The minimum absolute atomic E-state index is 0.0710. The van der Waals surface area contributed by atoms with Crippen molar-refractivity contribution in [2.75, 3.05) is 31.8 Å². The van der Waals surface area contributed by atoms with E-state index in [4.69, 9.17) is 4.74 Å². The second kappa shape index (κ2) is 6.08. The zero-order valence-corrected chi connectivity index (χ0v) is 12.9. The van der Waals surface area contributed by atoms with Gasteiger partial charge in [-0.2, -0.15) is 0 Å². The highest BCUT2D eigenvalue weighted by atomic mass is 32.2. The highest BCUT2D eigenvalue weighted by Gasteiger charge is 2.44. The Bertz CT molecular complexity index is 384. The molecule has 1 aliphatic heterocycles. The first kappa shape index (κ1) is 16.9. The second-order valence-corrected chi connectivity index (χ2v) is 8.47. The van der Waals surface area contributed by atoms with Gasteiger partial charge in [0.25, 0.3) is 0 Å². The second-order valence-electron chi connectivity index (χ2n) is 6.24. The first-order valence-corrected chi connectivity index (χ1v) is 8.50. The molecule has 1 fully saturated rings. The number of aliphatic hydroxyl groups excluding tert-OH is 2. The number of hydrogen-bond donors (Lipinski definition) is 2. The quantitative estimate of drug-likeness (QED) is 0.718. The fourth-order valence-corrected chi connectivity index (χ4v) is 4.54. The fourth-order valence-electron chi connectivity index (χ4n) is 2.60. The van der Waals surface area contributed by atoms with Crippen LogP contribution in [-0.2, 0) is 14.6 Å². The maximum absolute atomic E-state index is 11.6. The van der Waals surface area contributed by atoms with Crippen molar-refractivity contribution < 1.29 is 23.4 Å². The summed E-state index contributed by atoms with van der Waals surface area (Å²) in [7, 11) is -1.39. The van der Waals surface area contributed by atoms with Crippen molar-refractivity contribution in [3.63, 3.8) is 0 Å². The van der Waals surface area contributed by atoms with Crippen LogP contribution in [0.15, 0.2) is 0 Å². The first-order valence-electron chi connectivity index (χ1n) is 6.67. The third kappa shape index (κ3) is 4.15. The van der Waals surface area contributed by atoms with Gasteiger partial charge in [-0.15, -0.1) is 0 Å². The average molecular weight is 294 g/mol. The van der Waals surface area contributed by atoms with Crippen LogP contribution in [0.25, 0.3) is 0 Å². The lowest BCUT2D eigenvalue weighted by molar-refractivity contribution is -0.0350. The van der Waals surface area contributed by atoms with Crippen LogP contribution >= 0.6 is 0 Å². The van der Waals surface area contributed by atoms with Gasteiger partial charge in [-0.1, -0.05) is 0 Å². The molecule has 0 amide bonds. The summed E-state index contributed by atoms with van der Waals surface area (Å²) in [5.74, 6) is 0.0642. The molecule has 1 saturated heterocycles. The molecule has 1 aliphatic rings. The number of hydrogen-bond acceptors (Lipinski definition) is 5. The summed E-state index contributed by atoms with van der Waals surface area (Å²) in [6, 6.07) is 0. The molecule has 1 rings (SSSR count). The first-order chi connectivity index (χ1) is 8.70. The Morgan fingerprint density at radius 2 is 1.79 bits per heavy atom. The number of methoxy groups -OCH3 is 1. The summed E-state index contributed by atoms with van der Waals surface area (Å²) < 4.78 is 28.5. The van der Waals surface area contributed by atoms with Crippen LogP contribution in [0.1, 0.15) is 33.1 Å². The summed E-state index contributed by atoms with van der Waals surface area (Å²) in [5, 5.41) is 19.4. The molecule has 5 nitrogen and oxygen atoms in total. The monoisotopic (exact) mass is 294 g/mol. The van der Waals surface area contributed by atoms with Crippen molar-refractivity contribution >= 4 is 9.84 Å². The number of ether oxygens (including phenoxy) is 1. The van der Waals surface area contributed by atoms with Crippen LogP contribution in [0.4, 0.5) is 0 Å². The van der Waals surface area contributed by atoms with Crippen molar-refractivity contribution in [2.24, 2.45) is 11.3 Å². The molecule has 0 aromatic heterocycles. The molecule has 0 radical (unpaired) electrons. The molecule has 2 N–H and O–H groups in total. The Morgan fingerprint density at radius 3 is 2.16 bits per heavy atom. The van der Waals surface area contributed by atoms with Gasteiger partial charge in [0.05, 0.1) is 30.3 Å². The van der Waals surface area contributed by atoms with Crippen LogP contribution in [0.3, 0.4) is 0 Å². The lowest BCUT2D eigenvalue weighted by atomic mass is 9.71. The number of aliphatic hydroxyl groups is 2. The fraction of sp³-hybridized carbons (Fsp3) is 1.00. The van der Waals surface area contributed by atoms with Crippen LogP contribution in [0.2, 0.25) is 0 Å². The molecule has 0 bridgehead atoms. The predicted molar refractivity (Wildman–Crippen MR) is 73.7 cm³/mol. The normalized spacial score (nSPS) is 23.7. The average Bonchev–Trinajstić information content (AvgIpc) is 2.72. The van der Waals surface area contributed by atoms with E-state index >= 15 is 0 Å². The molecule has 114 valence electrons. The minimum Gasteiger partial charge on any atom is -0.396 e. The van der Waals surface area contributed by atoms with Gasteiger partial charge in [-0.25, -0.2) is 8.42 Å². The van der Waals surface area contributed by atoms with E-state index in [1.54, 1.807) is 7.11 Å². The van der Waals surface area contributed by atoms with E-state index in [1.807, 2.05) is 13.8 Å². The summed E-state index contributed by atoms with van der Waals surface area (Å²) in [5.41, 5.74) is -1.06. The van der Waals surface area contributed by atoms with E-state index in [0.717, 1.165) is 0 Å². The third-order valence-electron chi connectivity index (χ3n) is 4.51. The smallest absolute Gasteiger partial charge is 0.150 e. The van der Waals surface area contributed by atoms with E-state index < -0.39 is 15.3 Å². The van der Waals surface area contributed by atoms with Gasteiger partial charge in [0.2, 0.25) is 0 Å². The standard InChI is InChI=1S/C13H26O5S/c1-12(2,18-3)5-6-13(9-14,10-15)11-4-7-19(16,17)8-11/h11,14-15H,4-10H2,1-3H3. The van der Waals surface area contributed by atoms with Crippen LogP contribution in [0.5, 0.6) is 0 Å². The molecule has 0 saturated carbocycles. The van der Waals surface area contributed by atoms with Gasteiger partial charge < -0.3 is 14.9 Å². The van der Waals surface area contributed by atoms with Crippen LogP contribution in [0, 0.1) is 11.3 Å². The summed E-state index contributed by atoms with van der Waals surface area (Å²) >= 11 is 0. The predicted octanol–water partition coefficient (Wildman–Crippen LogP) is 0.597. The van der Waals surface area contributed by atoms with Gasteiger partial charge in [0.1, 0.15) is 0 Å². The molecule has 0 spiro atoms. The lowest BCUT2D eigenvalue weighted by Crippen LogP contribution is -2.40. The molecule has 6 heteroatoms. The van der Waals surface area contributed by atoms with Crippen molar-refractivity contribution in [1.82, 2.24) is 0 Å². The van der Waals surface area contributed by atoms with E-state index in [0.29, 0.717) is 19.3 Å². The Morgan fingerprint density at radius 1 is 1.21 bits per heavy atom. The lowest BCUT2D eigenvalue weighted by Gasteiger charge is -2.37. The molecule has 0 aromatic carbocycles. The maximum Gasteiger partial charge on any atom is 0.150 e. The number of sulfone groups is 1. The van der Waals surface area contributed by atoms with Crippen LogP contribution in [-0.4, -0.2) is 56.1 Å². The summed E-state index contributed by atoms with van der Waals surface area (Å²) in [6.07, 6.45) is 1.75. The molecule has 0 aliphatic carbocycles. The van der Waals surface area contributed by atoms with E-state index in [1.165, 1.54) is 0 Å². The zero-order valence-electron chi connectivity index (χ0n) is 12.1. The van der Waals surface area contributed by atoms with Crippen molar-refractivity contribution in [1.29, 1.82) is 0 Å². The zero-order chi connectivity index (χ0) is 14.7. The molecule has 1 unspecified atom stereocenters.